The number of hydrogen-bond acceptors (Lipinski definition) is 2. The van der Waals surface area contributed by atoms with Gasteiger partial charge in [0.05, 0.1) is 0 Å². The van der Waals surface area contributed by atoms with Crippen LogP contribution in [0, 0.1) is 19.6 Å². The van der Waals surface area contributed by atoms with Gasteiger partial charge in [-0.2, -0.15) is 0 Å². The summed E-state index contributed by atoms with van der Waals surface area (Å²) in [7, 11) is 0. The van der Waals surface area contributed by atoms with E-state index < -0.39 is 5.41 Å². The molecular formula is C36H25N2Pt-3. The Bertz CT molecular complexity index is 1600. The molecule has 0 amide bonds. The minimum absolute atomic E-state index is 0. The molecule has 6 aromatic rings. The van der Waals surface area contributed by atoms with Crippen LogP contribution in [0.1, 0.15) is 22.3 Å². The Labute approximate surface area is 244 Å². The summed E-state index contributed by atoms with van der Waals surface area (Å²) in [5.74, 6) is 0. The normalized spacial score (nSPS) is 12.4. The number of benzene rings is 4. The van der Waals surface area contributed by atoms with Crippen LogP contribution in [0.3, 0.4) is 0 Å². The molecule has 0 fully saturated rings. The van der Waals surface area contributed by atoms with Crippen LogP contribution in [-0.4, -0.2) is 9.97 Å². The first kappa shape index (κ1) is 26.5. The fourth-order valence-electron chi connectivity index (χ4n) is 5.68. The van der Waals surface area contributed by atoms with E-state index >= 15 is 0 Å². The first-order valence-electron chi connectivity index (χ1n) is 12.4. The summed E-state index contributed by atoms with van der Waals surface area (Å²) in [6, 6.07) is 49.8. The first-order chi connectivity index (χ1) is 18.4. The first-order valence-corrected chi connectivity index (χ1v) is 12.4. The molecule has 3 heteroatoms. The van der Waals surface area contributed by atoms with E-state index in [1.807, 2.05) is 48.8 Å². The second kappa shape index (κ2) is 10.9. The molecule has 0 saturated carbocycles. The zero-order valence-electron chi connectivity index (χ0n) is 21.4. The molecule has 192 valence electrons. The zero-order chi connectivity index (χ0) is 24.7. The van der Waals surface area contributed by atoms with Crippen molar-refractivity contribution in [2.75, 3.05) is 0 Å². The van der Waals surface area contributed by atoms with Crippen LogP contribution in [0.5, 0.6) is 0 Å². The maximum atomic E-state index is 4.61. The van der Waals surface area contributed by atoms with Gasteiger partial charge in [0.2, 0.25) is 0 Å². The summed E-state index contributed by atoms with van der Waals surface area (Å²) in [6.45, 7) is 0. The smallest absolute Gasteiger partial charge is 0.0376 e. The third-order valence-electron chi connectivity index (χ3n) is 7.23. The summed E-state index contributed by atoms with van der Waals surface area (Å²) in [5.41, 5.74) is 10.3. The van der Waals surface area contributed by atoms with Crippen LogP contribution in [0.2, 0.25) is 0 Å². The minimum Gasteiger partial charge on any atom is -0.358 e. The second-order valence-corrected chi connectivity index (χ2v) is 9.23. The Kier molecular flexibility index (Phi) is 7.42. The Morgan fingerprint density at radius 2 is 0.897 bits per heavy atom. The fraction of sp³-hybridized carbons (Fsp3) is 0.0278. The average molecular weight is 681 g/mol. The van der Waals surface area contributed by atoms with Crippen molar-refractivity contribution < 1.29 is 21.1 Å². The van der Waals surface area contributed by atoms with Gasteiger partial charge in [-0.05, 0) is 45.8 Å². The third-order valence-corrected chi connectivity index (χ3v) is 7.23. The van der Waals surface area contributed by atoms with Gasteiger partial charge in [-0.3, -0.25) is 0 Å². The number of rotatable bonds is 4. The van der Waals surface area contributed by atoms with E-state index in [0.29, 0.717) is 0 Å². The summed E-state index contributed by atoms with van der Waals surface area (Å²) in [6.07, 6.45) is 3.66. The van der Waals surface area contributed by atoms with Crippen molar-refractivity contribution in [1.82, 2.24) is 9.97 Å². The van der Waals surface area contributed by atoms with E-state index in [4.69, 9.17) is 0 Å². The SMILES string of the molecule is [CH3-].[Pt].[c-]1c(-c2ccccn2)cccc1C1(c2[c-]c(-c3ccccn3)ccc2)c2ccccc2-c2ccccc21. The summed E-state index contributed by atoms with van der Waals surface area (Å²) >= 11 is 0. The molecule has 0 aliphatic heterocycles. The van der Waals surface area contributed by atoms with Gasteiger partial charge in [0, 0.05) is 38.9 Å². The molecule has 2 aromatic heterocycles. The largest absolute Gasteiger partial charge is 0.358 e. The van der Waals surface area contributed by atoms with E-state index in [1.54, 1.807) is 0 Å². The Hall–Kier alpha value is -4.13. The quantitative estimate of drug-likeness (QED) is 0.175. The van der Waals surface area contributed by atoms with Gasteiger partial charge < -0.3 is 17.4 Å². The number of hydrogen-bond donors (Lipinski definition) is 0. The van der Waals surface area contributed by atoms with Crippen molar-refractivity contribution in [2.45, 2.75) is 5.41 Å². The zero-order valence-corrected chi connectivity index (χ0v) is 23.7. The van der Waals surface area contributed by atoms with E-state index in [9.17, 15) is 0 Å². The van der Waals surface area contributed by atoms with Gasteiger partial charge in [-0.25, -0.2) is 0 Å². The summed E-state index contributed by atoms with van der Waals surface area (Å²) < 4.78 is 0. The van der Waals surface area contributed by atoms with Crippen LogP contribution in [0.25, 0.3) is 33.6 Å². The molecule has 0 atom stereocenters. The van der Waals surface area contributed by atoms with Crippen LogP contribution in [0.15, 0.2) is 134 Å². The molecule has 0 unspecified atom stereocenters. The topological polar surface area (TPSA) is 25.8 Å². The molecule has 2 nitrogen and oxygen atoms in total. The molecule has 7 rings (SSSR count). The van der Waals surface area contributed by atoms with E-state index in [1.165, 1.54) is 22.3 Å². The van der Waals surface area contributed by atoms with Gasteiger partial charge in [0.25, 0.3) is 0 Å². The van der Waals surface area contributed by atoms with Crippen molar-refractivity contribution in [2.24, 2.45) is 0 Å². The number of nitrogens with zero attached hydrogens (tertiary/aromatic N) is 2. The number of fused-ring (bicyclic) bond motifs is 3. The predicted molar refractivity (Wildman–Crippen MR) is 154 cm³/mol. The Balaban J connectivity index is 0.00000154. The van der Waals surface area contributed by atoms with Gasteiger partial charge in [-0.1, -0.05) is 72.8 Å². The molecule has 0 spiro atoms. The molecule has 39 heavy (non-hydrogen) atoms. The molecule has 1 aliphatic rings. The summed E-state index contributed by atoms with van der Waals surface area (Å²) in [5, 5.41) is 0. The molecule has 4 aromatic carbocycles. The molecular weight excluding hydrogens is 655 g/mol. The third kappa shape index (κ3) is 4.26. The van der Waals surface area contributed by atoms with Crippen LogP contribution < -0.4 is 0 Å². The molecule has 1 aliphatic carbocycles. The Morgan fingerprint density at radius 1 is 0.462 bits per heavy atom. The monoisotopic (exact) mass is 680 g/mol. The van der Waals surface area contributed by atoms with E-state index in [2.05, 4.69) is 107 Å². The Morgan fingerprint density at radius 3 is 1.33 bits per heavy atom. The van der Waals surface area contributed by atoms with Crippen molar-refractivity contribution in [3.05, 3.63) is 176 Å². The average Bonchev–Trinajstić information content (AvgIpc) is 3.30. The number of pyridine rings is 2. The molecule has 2 heterocycles. The van der Waals surface area contributed by atoms with Gasteiger partial charge >= 0.3 is 0 Å². The van der Waals surface area contributed by atoms with Gasteiger partial charge in [-0.15, -0.1) is 70.8 Å². The predicted octanol–water partition coefficient (Wildman–Crippen LogP) is 8.22. The number of aromatic nitrogens is 2. The standard InChI is InChI=1S/C35H22N2.CH3.Pt/c1-3-17-31-29(15-1)30-16-2-4-18-32(30)35(31,27-13-9-11-25(23-27)33-19-5-7-21-36-33)28-14-10-12-26(24-28)34-20-6-8-22-37-34;;/h1-22H;1H3;/q-2;-1;. The van der Waals surface area contributed by atoms with E-state index in [-0.39, 0.29) is 28.5 Å². The van der Waals surface area contributed by atoms with Gasteiger partial charge in [0.15, 0.2) is 0 Å². The van der Waals surface area contributed by atoms with E-state index in [0.717, 1.165) is 33.6 Å². The minimum atomic E-state index is -0.581. The molecule has 0 N–H and O–H groups in total. The maximum absolute atomic E-state index is 4.61. The van der Waals surface area contributed by atoms with Crippen molar-refractivity contribution in [3.63, 3.8) is 0 Å². The molecule has 0 saturated heterocycles. The molecule has 0 bridgehead atoms. The maximum Gasteiger partial charge on any atom is 0.0376 e. The molecule has 0 radical (unpaired) electrons. The van der Waals surface area contributed by atoms with Crippen LogP contribution >= 0.6 is 0 Å². The summed E-state index contributed by atoms with van der Waals surface area (Å²) in [4.78, 5) is 9.21. The van der Waals surface area contributed by atoms with Crippen LogP contribution in [0.4, 0.5) is 0 Å². The van der Waals surface area contributed by atoms with Crippen LogP contribution in [-0.2, 0) is 26.5 Å². The van der Waals surface area contributed by atoms with Gasteiger partial charge in [0.1, 0.15) is 0 Å². The van der Waals surface area contributed by atoms with Crippen molar-refractivity contribution in [1.29, 1.82) is 0 Å². The fourth-order valence-corrected chi connectivity index (χ4v) is 5.68. The second-order valence-electron chi connectivity index (χ2n) is 9.23. The van der Waals surface area contributed by atoms with Crippen molar-refractivity contribution in [3.8, 4) is 33.6 Å². The van der Waals surface area contributed by atoms with Crippen molar-refractivity contribution >= 4 is 0 Å².